The first-order valence-electron chi connectivity index (χ1n) is 11.1. The highest BCUT2D eigenvalue weighted by atomic mass is 35.5. The zero-order chi connectivity index (χ0) is 23.5. The van der Waals surface area contributed by atoms with Crippen LogP contribution in [-0.2, 0) is 13.1 Å². The summed E-state index contributed by atoms with van der Waals surface area (Å²) >= 11 is 12.7. The maximum atomic E-state index is 13.7. The van der Waals surface area contributed by atoms with Crippen molar-refractivity contribution in [2.24, 2.45) is 0 Å². The third-order valence-electron chi connectivity index (χ3n) is 5.88. The van der Waals surface area contributed by atoms with Gasteiger partial charge in [0.15, 0.2) is 0 Å². The first-order valence-corrected chi connectivity index (χ1v) is 11.8. The number of halogens is 2. The lowest BCUT2D eigenvalue weighted by Gasteiger charge is -2.39. The van der Waals surface area contributed by atoms with E-state index in [2.05, 4.69) is 23.9 Å². The Bertz CT molecular complexity index is 1180. The largest absolute Gasteiger partial charge is 0.309 e. The normalized spacial score (nSPS) is 14.1. The summed E-state index contributed by atoms with van der Waals surface area (Å²) in [5.41, 5.74) is 3.34. The molecular formula is C25H29Cl2N5O. The maximum absolute atomic E-state index is 13.7. The van der Waals surface area contributed by atoms with Crippen molar-refractivity contribution in [2.75, 3.05) is 38.8 Å². The second-order valence-electron chi connectivity index (χ2n) is 8.73. The van der Waals surface area contributed by atoms with Gasteiger partial charge < -0.3 is 4.90 Å². The second-order valence-corrected chi connectivity index (χ2v) is 9.57. The van der Waals surface area contributed by atoms with Crippen molar-refractivity contribution in [3.63, 3.8) is 0 Å². The minimum Gasteiger partial charge on any atom is -0.309 e. The number of hydrogen-bond acceptors (Lipinski definition) is 5. The molecule has 1 aromatic heterocycles. The molecule has 0 N–H and O–H groups in total. The highest BCUT2D eigenvalue weighted by molar-refractivity contribution is 6.36. The van der Waals surface area contributed by atoms with Crippen molar-refractivity contribution >= 4 is 34.8 Å². The lowest BCUT2D eigenvalue weighted by molar-refractivity contribution is 0.189. The van der Waals surface area contributed by atoms with E-state index in [0.717, 1.165) is 42.0 Å². The van der Waals surface area contributed by atoms with Crippen LogP contribution in [0.15, 0.2) is 53.3 Å². The van der Waals surface area contributed by atoms with Crippen LogP contribution in [0.2, 0.25) is 10.0 Å². The molecule has 0 atom stereocenters. The van der Waals surface area contributed by atoms with E-state index in [1.165, 1.54) is 0 Å². The summed E-state index contributed by atoms with van der Waals surface area (Å²) in [5, 5.41) is 1.10. The van der Waals surface area contributed by atoms with Crippen molar-refractivity contribution in [1.82, 2.24) is 19.4 Å². The van der Waals surface area contributed by atoms with Crippen LogP contribution in [0.1, 0.15) is 23.2 Å². The molecule has 1 aliphatic heterocycles. The fourth-order valence-electron chi connectivity index (χ4n) is 4.17. The zero-order valence-corrected chi connectivity index (χ0v) is 20.8. The molecule has 0 saturated carbocycles. The van der Waals surface area contributed by atoms with Gasteiger partial charge in [0, 0.05) is 23.6 Å². The summed E-state index contributed by atoms with van der Waals surface area (Å²) in [6, 6.07) is 15.5. The van der Waals surface area contributed by atoms with Gasteiger partial charge in [0.05, 0.1) is 29.7 Å². The van der Waals surface area contributed by atoms with Crippen LogP contribution in [0.3, 0.4) is 0 Å². The molecule has 3 aromatic rings. The van der Waals surface area contributed by atoms with Crippen LogP contribution in [-0.4, -0.2) is 53.2 Å². The lowest BCUT2D eigenvalue weighted by Crippen LogP contribution is -2.48. The van der Waals surface area contributed by atoms with Crippen LogP contribution in [0, 0.1) is 6.92 Å². The molecule has 0 saturated heterocycles. The summed E-state index contributed by atoms with van der Waals surface area (Å²) in [6.07, 6.45) is 1.55. The topological polar surface area (TPSA) is 44.6 Å². The molecule has 2 heterocycles. The maximum Gasteiger partial charge on any atom is 0.259 e. The van der Waals surface area contributed by atoms with Crippen molar-refractivity contribution in [3.05, 3.63) is 85.8 Å². The highest BCUT2D eigenvalue weighted by Gasteiger charge is 2.29. The van der Waals surface area contributed by atoms with Gasteiger partial charge in [0.25, 0.3) is 5.56 Å². The van der Waals surface area contributed by atoms with Gasteiger partial charge >= 0.3 is 0 Å². The van der Waals surface area contributed by atoms with E-state index in [4.69, 9.17) is 28.2 Å². The number of benzene rings is 2. The Hall–Kier alpha value is -2.38. The molecule has 0 radical (unpaired) electrons. The molecule has 0 unspecified atom stereocenters. The van der Waals surface area contributed by atoms with E-state index < -0.39 is 0 Å². The molecule has 4 rings (SSSR count). The average Bonchev–Trinajstić information content (AvgIpc) is 2.77. The third-order valence-corrected chi connectivity index (χ3v) is 6.42. The minimum atomic E-state index is -0.00579. The molecule has 0 aliphatic carbocycles. The van der Waals surface area contributed by atoms with Gasteiger partial charge in [-0.25, -0.2) is 4.98 Å². The number of fused-ring (bicyclic) bond motifs is 1. The first-order chi connectivity index (χ1) is 15.8. The molecule has 174 valence electrons. The van der Waals surface area contributed by atoms with Crippen molar-refractivity contribution in [2.45, 2.75) is 26.4 Å². The van der Waals surface area contributed by atoms with E-state index in [1.54, 1.807) is 10.6 Å². The molecule has 0 spiro atoms. The van der Waals surface area contributed by atoms with E-state index >= 15 is 0 Å². The Balaban J connectivity index is 1.75. The summed E-state index contributed by atoms with van der Waals surface area (Å²) in [5.74, 6) is 0.613. The summed E-state index contributed by atoms with van der Waals surface area (Å²) < 4.78 is 1.77. The Morgan fingerprint density at radius 1 is 1.06 bits per heavy atom. The molecule has 6 nitrogen and oxygen atoms in total. The Labute approximate surface area is 205 Å². The summed E-state index contributed by atoms with van der Waals surface area (Å²) in [7, 11) is 4.14. The fourth-order valence-corrected chi connectivity index (χ4v) is 4.68. The Morgan fingerprint density at radius 2 is 1.82 bits per heavy atom. The molecule has 0 bridgehead atoms. The van der Waals surface area contributed by atoms with Gasteiger partial charge in [-0.1, -0.05) is 53.5 Å². The number of aryl methyl sites for hydroxylation is 1. The second kappa shape index (κ2) is 10.3. The minimum absolute atomic E-state index is 0.00579. The molecule has 0 fully saturated rings. The molecule has 0 amide bonds. The summed E-state index contributed by atoms with van der Waals surface area (Å²) in [4.78, 5) is 25.0. The molecule has 1 aliphatic rings. The van der Waals surface area contributed by atoms with Gasteiger partial charge in [-0.05, 0) is 57.7 Å². The smallest absolute Gasteiger partial charge is 0.259 e. The SMILES string of the molecule is Cc1nc2n(c(=O)c1Cc1ccccc1)CN(CCCN(C)C)CN2c1ccc(Cl)cc1Cl. The number of nitrogens with zero attached hydrogens (tertiary/aromatic N) is 5. The van der Waals surface area contributed by atoms with Crippen molar-refractivity contribution in [1.29, 1.82) is 0 Å². The molecule has 2 aromatic carbocycles. The number of aromatic nitrogens is 2. The third kappa shape index (κ3) is 5.41. The number of rotatable bonds is 7. The molecule has 8 heteroatoms. The van der Waals surface area contributed by atoms with Crippen LogP contribution < -0.4 is 10.5 Å². The predicted octanol–water partition coefficient (Wildman–Crippen LogP) is 4.77. The van der Waals surface area contributed by atoms with E-state index in [9.17, 15) is 4.79 Å². The van der Waals surface area contributed by atoms with Gasteiger partial charge in [0.2, 0.25) is 5.95 Å². The van der Waals surface area contributed by atoms with Crippen molar-refractivity contribution in [3.8, 4) is 0 Å². The highest BCUT2D eigenvalue weighted by Crippen LogP contribution is 2.35. The van der Waals surface area contributed by atoms with E-state index in [-0.39, 0.29) is 5.56 Å². The summed E-state index contributed by atoms with van der Waals surface area (Å²) in [6.45, 7) is 4.84. The Morgan fingerprint density at radius 3 is 2.52 bits per heavy atom. The standard InChI is InChI=1S/C25H29Cl2N5O/c1-18-21(14-19-8-5-4-6-9-19)24(33)32-17-30(13-7-12-29(2)3)16-31(25(32)28-18)23-11-10-20(26)15-22(23)27/h4-6,8-11,15H,7,12-14,16-17H2,1-3H3. The van der Waals surface area contributed by atoms with E-state index in [1.807, 2.05) is 54.3 Å². The average molecular weight is 486 g/mol. The van der Waals surface area contributed by atoms with Gasteiger partial charge in [-0.3, -0.25) is 19.2 Å². The van der Waals surface area contributed by atoms with Crippen molar-refractivity contribution < 1.29 is 0 Å². The van der Waals surface area contributed by atoms with Crippen LogP contribution in [0.5, 0.6) is 0 Å². The Kier molecular flexibility index (Phi) is 7.39. The quantitative estimate of drug-likeness (QED) is 0.482. The number of anilines is 2. The first kappa shape index (κ1) is 23.8. The molecular weight excluding hydrogens is 457 g/mol. The number of hydrogen-bond donors (Lipinski definition) is 0. The van der Waals surface area contributed by atoms with Gasteiger partial charge in [-0.15, -0.1) is 0 Å². The van der Waals surface area contributed by atoms with Gasteiger partial charge in [0.1, 0.15) is 0 Å². The van der Waals surface area contributed by atoms with Crippen LogP contribution >= 0.6 is 23.2 Å². The van der Waals surface area contributed by atoms with E-state index in [0.29, 0.717) is 35.8 Å². The predicted molar refractivity (Wildman–Crippen MR) is 136 cm³/mol. The lowest BCUT2D eigenvalue weighted by atomic mass is 10.1. The van der Waals surface area contributed by atoms with Crippen LogP contribution in [0.25, 0.3) is 0 Å². The monoisotopic (exact) mass is 485 g/mol. The van der Waals surface area contributed by atoms with Gasteiger partial charge in [-0.2, -0.15) is 0 Å². The van der Waals surface area contributed by atoms with Crippen LogP contribution in [0.4, 0.5) is 11.6 Å². The molecule has 33 heavy (non-hydrogen) atoms. The zero-order valence-electron chi connectivity index (χ0n) is 19.3. The fraction of sp³-hybridized carbons (Fsp3) is 0.360.